The number of hydrogen-bond acceptors (Lipinski definition) is 3. The van der Waals surface area contributed by atoms with Crippen molar-refractivity contribution in [1.29, 1.82) is 0 Å². The van der Waals surface area contributed by atoms with Crippen molar-refractivity contribution < 1.29 is 22.0 Å². The molecule has 136 valence electrons. The largest absolute Gasteiger partial charge is 0.325 e. The third kappa shape index (κ3) is 2.84. The number of carbonyl (C=O) groups is 1. The first kappa shape index (κ1) is 17.0. The topological polar surface area (TPSA) is 57.7 Å². The molecule has 2 aromatic carbocycles. The normalized spacial score (nSPS) is 24.2. The number of amides is 2. The molecule has 0 saturated carbocycles. The molecule has 0 unspecified atom stereocenters. The summed E-state index contributed by atoms with van der Waals surface area (Å²) in [6, 6.07) is 9.91. The summed E-state index contributed by atoms with van der Waals surface area (Å²) in [7, 11) is -3.32. The minimum atomic E-state index is -3.32. The summed E-state index contributed by atoms with van der Waals surface area (Å²) in [6.07, 6.45) is 0. The number of sulfone groups is 1. The van der Waals surface area contributed by atoms with E-state index in [1.807, 2.05) is 0 Å². The predicted octanol–water partition coefficient (Wildman–Crippen LogP) is 2.57. The molecule has 8 heteroatoms. The van der Waals surface area contributed by atoms with Crippen molar-refractivity contribution in [2.45, 2.75) is 18.6 Å². The van der Waals surface area contributed by atoms with Crippen molar-refractivity contribution >= 4 is 21.6 Å². The fraction of sp³-hybridized carbons (Fsp3) is 0.278. The van der Waals surface area contributed by atoms with Crippen molar-refractivity contribution in [3.63, 3.8) is 0 Å². The van der Waals surface area contributed by atoms with E-state index in [0.29, 0.717) is 11.3 Å². The Morgan fingerprint density at radius 2 is 1.62 bits per heavy atom. The van der Waals surface area contributed by atoms with Gasteiger partial charge in [0.1, 0.15) is 11.6 Å². The van der Waals surface area contributed by atoms with Crippen LogP contribution in [0.25, 0.3) is 0 Å². The lowest BCUT2D eigenvalue weighted by atomic mass is 10.1. The zero-order valence-electron chi connectivity index (χ0n) is 13.7. The summed E-state index contributed by atoms with van der Waals surface area (Å²) in [6.45, 7) is -0.0140. The average molecular weight is 378 g/mol. The summed E-state index contributed by atoms with van der Waals surface area (Å²) >= 11 is 0. The highest BCUT2D eigenvalue weighted by atomic mass is 32.2. The van der Waals surface area contributed by atoms with Crippen LogP contribution in [0.5, 0.6) is 0 Å². The van der Waals surface area contributed by atoms with Crippen LogP contribution in [0.2, 0.25) is 0 Å². The molecular weight excluding hydrogens is 362 g/mol. The van der Waals surface area contributed by atoms with Gasteiger partial charge in [-0.2, -0.15) is 0 Å². The summed E-state index contributed by atoms with van der Waals surface area (Å²) in [5.41, 5.74) is 0.754. The van der Waals surface area contributed by atoms with Gasteiger partial charge in [0.15, 0.2) is 9.84 Å². The first-order valence-corrected chi connectivity index (χ1v) is 9.97. The number of anilines is 1. The molecular formula is C18H16F2N2O3S. The predicted molar refractivity (Wildman–Crippen MR) is 92.4 cm³/mol. The van der Waals surface area contributed by atoms with Crippen LogP contribution < -0.4 is 4.90 Å². The van der Waals surface area contributed by atoms with Crippen molar-refractivity contribution in [3.05, 3.63) is 65.7 Å². The zero-order valence-corrected chi connectivity index (χ0v) is 14.5. The van der Waals surface area contributed by atoms with Gasteiger partial charge >= 0.3 is 6.03 Å². The van der Waals surface area contributed by atoms with Gasteiger partial charge in [0.25, 0.3) is 0 Å². The fourth-order valence-corrected chi connectivity index (χ4v) is 5.63. The molecule has 26 heavy (non-hydrogen) atoms. The van der Waals surface area contributed by atoms with Gasteiger partial charge < -0.3 is 4.90 Å². The molecule has 2 aliphatic heterocycles. The van der Waals surface area contributed by atoms with E-state index in [4.69, 9.17) is 0 Å². The van der Waals surface area contributed by atoms with Gasteiger partial charge in [-0.25, -0.2) is 22.0 Å². The molecule has 2 atom stereocenters. The van der Waals surface area contributed by atoms with E-state index in [-0.39, 0.29) is 18.1 Å². The van der Waals surface area contributed by atoms with Crippen LogP contribution in [-0.2, 0) is 16.4 Å². The van der Waals surface area contributed by atoms with Crippen LogP contribution in [0.4, 0.5) is 19.3 Å². The standard InChI is InChI=1S/C18H16F2N2O3S/c19-13-5-7-14(8-6-13)22-17-11-26(24,25)10-16(17)21(18(22)23)9-12-3-1-2-4-15(12)20/h1-8,16-17H,9-11H2/t16-,17-/m0/s1. The summed E-state index contributed by atoms with van der Waals surface area (Å²) in [5.74, 6) is -1.21. The number of fused-ring (bicyclic) bond motifs is 1. The third-order valence-corrected chi connectivity index (χ3v) is 6.58. The lowest BCUT2D eigenvalue weighted by Crippen LogP contribution is -2.37. The molecule has 0 radical (unpaired) electrons. The van der Waals surface area contributed by atoms with Gasteiger partial charge in [-0.3, -0.25) is 4.90 Å². The lowest BCUT2D eigenvalue weighted by Gasteiger charge is -2.22. The van der Waals surface area contributed by atoms with Crippen molar-refractivity contribution in [2.24, 2.45) is 0 Å². The van der Waals surface area contributed by atoms with E-state index in [1.165, 1.54) is 40.1 Å². The number of urea groups is 1. The second kappa shape index (κ2) is 6.05. The van der Waals surface area contributed by atoms with Gasteiger partial charge in [-0.15, -0.1) is 0 Å². The van der Waals surface area contributed by atoms with Crippen LogP contribution in [0, 0.1) is 11.6 Å². The number of rotatable bonds is 3. The maximum Gasteiger partial charge on any atom is 0.325 e. The summed E-state index contributed by atoms with van der Waals surface area (Å²) in [4.78, 5) is 15.8. The van der Waals surface area contributed by atoms with Crippen molar-refractivity contribution in [2.75, 3.05) is 16.4 Å². The van der Waals surface area contributed by atoms with Gasteiger partial charge in [0.2, 0.25) is 0 Å². The number of hydrogen-bond donors (Lipinski definition) is 0. The monoisotopic (exact) mass is 378 g/mol. The molecule has 2 saturated heterocycles. The van der Waals surface area contributed by atoms with Crippen molar-refractivity contribution in [3.8, 4) is 0 Å². The minimum absolute atomic E-state index is 0.0140. The Kier molecular flexibility index (Phi) is 3.95. The van der Waals surface area contributed by atoms with E-state index in [1.54, 1.807) is 18.2 Å². The van der Waals surface area contributed by atoms with E-state index in [0.717, 1.165) is 0 Å². The Hall–Kier alpha value is -2.48. The molecule has 0 spiro atoms. The second-order valence-electron chi connectivity index (χ2n) is 6.56. The van der Waals surface area contributed by atoms with E-state index in [2.05, 4.69) is 0 Å². The number of carbonyl (C=O) groups excluding carboxylic acids is 1. The van der Waals surface area contributed by atoms with E-state index >= 15 is 0 Å². The van der Waals surface area contributed by atoms with Crippen LogP contribution >= 0.6 is 0 Å². The zero-order chi connectivity index (χ0) is 18.5. The molecule has 2 amide bonds. The lowest BCUT2D eigenvalue weighted by molar-refractivity contribution is 0.205. The Bertz CT molecular complexity index is 963. The highest BCUT2D eigenvalue weighted by Gasteiger charge is 2.53. The Labute approximate surface area is 149 Å². The third-order valence-electron chi connectivity index (χ3n) is 4.88. The van der Waals surface area contributed by atoms with Gasteiger partial charge in [0, 0.05) is 11.3 Å². The van der Waals surface area contributed by atoms with E-state index < -0.39 is 39.6 Å². The van der Waals surface area contributed by atoms with Crippen LogP contribution in [0.1, 0.15) is 5.56 Å². The first-order chi connectivity index (χ1) is 12.4. The molecule has 2 heterocycles. The molecule has 0 N–H and O–H groups in total. The Morgan fingerprint density at radius 3 is 2.31 bits per heavy atom. The molecule has 2 fully saturated rings. The highest BCUT2D eigenvalue weighted by molar-refractivity contribution is 7.91. The fourth-order valence-electron chi connectivity index (χ4n) is 3.68. The maximum absolute atomic E-state index is 14.0. The van der Waals surface area contributed by atoms with Crippen LogP contribution in [0.15, 0.2) is 48.5 Å². The molecule has 0 aromatic heterocycles. The second-order valence-corrected chi connectivity index (χ2v) is 8.71. The molecule has 2 aliphatic rings. The molecule has 5 nitrogen and oxygen atoms in total. The minimum Gasteiger partial charge on any atom is -0.314 e. The van der Waals surface area contributed by atoms with Crippen LogP contribution in [-0.4, -0.2) is 42.9 Å². The smallest absolute Gasteiger partial charge is 0.314 e. The van der Waals surface area contributed by atoms with Crippen LogP contribution in [0.3, 0.4) is 0 Å². The van der Waals surface area contributed by atoms with Crippen molar-refractivity contribution in [1.82, 2.24) is 4.90 Å². The quantitative estimate of drug-likeness (QED) is 0.772. The van der Waals surface area contributed by atoms with Gasteiger partial charge in [-0.05, 0) is 30.3 Å². The first-order valence-electron chi connectivity index (χ1n) is 8.15. The average Bonchev–Trinajstić information content (AvgIpc) is 3.02. The maximum atomic E-state index is 14.0. The Morgan fingerprint density at radius 1 is 0.962 bits per heavy atom. The molecule has 2 aromatic rings. The van der Waals surface area contributed by atoms with Gasteiger partial charge in [0.05, 0.1) is 30.1 Å². The number of benzene rings is 2. The number of nitrogens with zero attached hydrogens (tertiary/aromatic N) is 2. The number of halogens is 2. The van der Waals surface area contributed by atoms with E-state index in [9.17, 15) is 22.0 Å². The molecule has 4 rings (SSSR count). The van der Waals surface area contributed by atoms with Gasteiger partial charge in [-0.1, -0.05) is 18.2 Å². The summed E-state index contributed by atoms with van der Waals surface area (Å²) < 4.78 is 51.5. The highest BCUT2D eigenvalue weighted by Crippen LogP contribution is 2.36. The molecule has 0 bridgehead atoms. The summed E-state index contributed by atoms with van der Waals surface area (Å²) in [5, 5.41) is 0. The Balaban J connectivity index is 1.72. The molecule has 0 aliphatic carbocycles. The SMILES string of the molecule is O=C1N(Cc2ccccc2F)[C@H]2CS(=O)(=O)C[C@@H]2N1c1ccc(F)cc1.